The molecule has 0 spiro atoms. The molecule has 4 nitrogen and oxygen atoms in total. The number of amides is 1. The van der Waals surface area contributed by atoms with Gasteiger partial charge in [0.25, 0.3) is 0 Å². The predicted octanol–water partition coefficient (Wildman–Crippen LogP) is 3.30. The molecule has 1 aromatic carbocycles. The summed E-state index contributed by atoms with van der Waals surface area (Å²) in [6.07, 6.45) is 5.02. The first kappa shape index (κ1) is 15.8. The molecule has 0 saturated carbocycles. The number of ketones is 1. The van der Waals surface area contributed by atoms with Crippen molar-refractivity contribution in [1.82, 2.24) is 4.90 Å². The Bertz CT molecular complexity index is 630. The molecule has 1 aromatic heterocycles. The molecule has 0 N–H and O–H groups in total. The van der Waals surface area contributed by atoms with Crippen LogP contribution in [0.4, 0.5) is 0 Å². The van der Waals surface area contributed by atoms with Crippen molar-refractivity contribution in [3.63, 3.8) is 0 Å². The van der Waals surface area contributed by atoms with E-state index in [2.05, 4.69) is 0 Å². The van der Waals surface area contributed by atoms with Crippen LogP contribution in [0.15, 0.2) is 59.2 Å². The van der Waals surface area contributed by atoms with Gasteiger partial charge in [0.05, 0.1) is 6.26 Å². The third kappa shape index (κ3) is 5.05. The first-order valence-corrected chi connectivity index (χ1v) is 7.19. The summed E-state index contributed by atoms with van der Waals surface area (Å²) in [5, 5.41) is 0. The summed E-state index contributed by atoms with van der Waals surface area (Å²) in [5.74, 6) is 0.557. The van der Waals surface area contributed by atoms with Crippen molar-refractivity contribution in [2.45, 2.75) is 19.9 Å². The second kappa shape index (κ2) is 7.98. The van der Waals surface area contributed by atoms with Crippen LogP contribution in [0.1, 0.15) is 24.7 Å². The van der Waals surface area contributed by atoms with Crippen LogP contribution < -0.4 is 0 Å². The molecule has 2 aromatic rings. The van der Waals surface area contributed by atoms with Gasteiger partial charge in [0, 0.05) is 25.6 Å². The summed E-state index contributed by atoms with van der Waals surface area (Å²) in [6.45, 7) is 2.42. The summed E-state index contributed by atoms with van der Waals surface area (Å²) in [4.78, 5) is 25.2. The fraction of sp³-hybridized carbons (Fsp3) is 0.222. The van der Waals surface area contributed by atoms with E-state index in [0.29, 0.717) is 25.3 Å². The highest BCUT2D eigenvalue weighted by Gasteiger charge is 2.12. The number of hydrogen-bond donors (Lipinski definition) is 0. The maximum atomic E-state index is 12.3. The zero-order valence-electron chi connectivity index (χ0n) is 12.6. The monoisotopic (exact) mass is 297 g/mol. The standard InChI is InChI=1S/C18H19NO3/c1-15(20)11-12-19(14-16-6-3-2-4-7-16)18(21)10-9-17-8-5-13-22-17/h2-10,13H,11-12,14H2,1H3/b10-9+. The van der Waals surface area contributed by atoms with Gasteiger partial charge in [-0.1, -0.05) is 30.3 Å². The molecule has 4 heteroatoms. The summed E-state index contributed by atoms with van der Waals surface area (Å²) in [7, 11) is 0. The lowest BCUT2D eigenvalue weighted by atomic mass is 10.2. The van der Waals surface area contributed by atoms with Crippen molar-refractivity contribution in [3.05, 3.63) is 66.1 Å². The molecule has 0 fully saturated rings. The van der Waals surface area contributed by atoms with Crippen molar-refractivity contribution in [1.29, 1.82) is 0 Å². The fourth-order valence-corrected chi connectivity index (χ4v) is 2.01. The van der Waals surface area contributed by atoms with Crippen molar-refractivity contribution in [3.8, 4) is 0 Å². The molecule has 0 saturated heterocycles. The van der Waals surface area contributed by atoms with Gasteiger partial charge >= 0.3 is 0 Å². The molecule has 0 aliphatic carbocycles. The Labute approximate surface area is 130 Å². The quantitative estimate of drug-likeness (QED) is 0.737. The van der Waals surface area contributed by atoms with E-state index in [1.165, 1.54) is 13.0 Å². The molecule has 114 valence electrons. The summed E-state index contributed by atoms with van der Waals surface area (Å²) in [5.41, 5.74) is 1.03. The van der Waals surface area contributed by atoms with Crippen molar-refractivity contribution in [2.24, 2.45) is 0 Å². The lowest BCUT2D eigenvalue weighted by Crippen LogP contribution is -2.30. The predicted molar refractivity (Wildman–Crippen MR) is 84.9 cm³/mol. The minimum atomic E-state index is -0.137. The summed E-state index contributed by atoms with van der Waals surface area (Å²) < 4.78 is 5.17. The van der Waals surface area contributed by atoms with E-state index in [-0.39, 0.29) is 11.7 Å². The zero-order valence-corrected chi connectivity index (χ0v) is 12.6. The Morgan fingerprint density at radius 3 is 2.55 bits per heavy atom. The van der Waals surface area contributed by atoms with E-state index in [4.69, 9.17) is 4.42 Å². The molecule has 0 unspecified atom stereocenters. The number of benzene rings is 1. The van der Waals surface area contributed by atoms with Crippen LogP contribution in [0.2, 0.25) is 0 Å². The molecule has 2 rings (SSSR count). The molecule has 1 amide bonds. The molecule has 0 radical (unpaired) electrons. The molecule has 0 aliphatic rings. The van der Waals surface area contributed by atoms with Crippen LogP contribution in [0.25, 0.3) is 6.08 Å². The largest absolute Gasteiger partial charge is 0.465 e. The maximum Gasteiger partial charge on any atom is 0.247 e. The van der Waals surface area contributed by atoms with E-state index in [1.54, 1.807) is 29.4 Å². The number of Topliss-reactive ketones (excluding diaryl/α,β-unsaturated/α-hetero) is 1. The number of carbonyl (C=O) groups excluding carboxylic acids is 2. The van der Waals surface area contributed by atoms with Crippen molar-refractivity contribution in [2.75, 3.05) is 6.54 Å². The lowest BCUT2D eigenvalue weighted by molar-refractivity contribution is -0.127. The van der Waals surface area contributed by atoms with Gasteiger partial charge in [0.1, 0.15) is 11.5 Å². The summed E-state index contributed by atoms with van der Waals surface area (Å²) in [6, 6.07) is 13.3. The molecular weight excluding hydrogens is 278 g/mol. The second-order valence-electron chi connectivity index (χ2n) is 5.05. The third-order valence-electron chi connectivity index (χ3n) is 3.20. The van der Waals surface area contributed by atoms with Gasteiger partial charge in [0.2, 0.25) is 5.91 Å². The Balaban J connectivity index is 2.05. The number of carbonyl (C=O) groups is 2. The maximum absolute atomic E-state index is 12.3. The van der Waals surface area contributed by atoms with Crippen LogP contribution in [0, 0.1) is 0 Å². The van der Waals surface area contributed by atoms with Gasteiger partial charge in [-0.25, -0.2) is 0 Å². The minimum Gasteiger partial charge on any atom is -0.465 e. The van der Waals surface area contributed by atoms with Crippen LogP contribution in [-0.4, -0.2) is 23.1 Å². The van der Waals surface area contributed by atoms with E-state index in [1.807, 2.05) is 30.3 Å². The minimum absolute atomic E-state index is 0.0703. The van der Waals surface area contributed by atoms with Gasteiger partial charge in [-0.3, -0.25) is 9.59 Å². The van der Waals surface area contributed by atoms with Crippen molar-refractivity contribution < 1.29 is 14.0 Å². The van der Waals surface area contributed by atoms with Crippen molar-refractivity contribution >= 4 is 17.8 Å². The van der Waals surface area contributed by atoms with E-state index >= 15 is 0 Å². The fourth-order valence-electron chi connectivity index (χ4n) is 2.01. The SMILES string of the molecule is CC(=O)CCN(Cc1ccccc1)C(=O)/C=C/c1ccco1. The van der Waals surface area contributed by atoms with Gasteiger partial charge in [-0.05, 0) is 30.7 Å². The van der Waals surface area contributed by atoms with E-state index in [0.717, 1.165) is 5.56 Å². The number of rotatable bonds is 7. The number of hydrogen-bond acceptors (Lipinski definition) is 3. The molecule has 0 atom stereocenters. The Morgan fingerprint density at radius 1 is 1.14 bits per heavy atom. The highest BCUT2D eigenvalue weighted by Crippen LogP contribution is 2.08. The van der Waals surface area contributed by atoms with Crippen LogP contribution >= 0.6 is 0 Å². The molecule has 0 bridgehead atoms. The van der Waals surface area contributed by atoms with E-state index in [9.17, 15) is 9.59 Å². The smallest absolute Gasteiger partial charge is 0.247 e. The molecule has 1 heterocycles. The van der Waals surface area contributed by atoms with Gasteiger partial charge in [-0.15, -0.1) is 0 Å². The normalized spacial score (nSPS) is 10.8. The van der Waals surface area contributed by atoms with Gasteiger partial charge in [-0.2, -0.15) is 0 Å². The highest BCUT2D eigenvalue weighted by atomic mass is 16.3. The Morgan fingerprint density at radius 2 is 1.91 bits per heavy atom. The lowest BCUT2D eigenvalue weighted by Gasteiger charge is -2.20. The zero-order chi connectivity index (χ0) is 15.8. The number of furan rings is 1. The Kier molecular flexibility index (Phi) is 5.72. The topological polar surface area (TPSA) is 50.5 Å². The molecule has 22 heavy (non-hydrogen) atoms. The first-order chi connectivity index (χ1) is 10.6. The highest BCUT2D eigenvalue weighted by molar-refractivity contribution is 5.91. The number of nitrogens with zero attached hydrogens (tertiary/aromatic N) is 1. The average molecular weight is 297 g/mol. The molecular formula is C18H19NO3. The first-order valence-electron chi connectivity index (χ1n) is 7.19. The van der Waals surface area contributed by atoms with Crippen LogP contribution in [0.5, 0.6) is 0 Å². The summed E-state index contributed by atoms with van der Waals surface area (Å²) >= 11 is 0. The van der Waals surface area contributed by atoms with Gasteiger partial charge in [0.15, 0.2) is 0 Å². The van der Waals surface area contributed by atoms with E-state index < -0.39 is 0 Å². The van der Waals surface area contributed by atoms with Gasteiger partial charge < -0.3 is 9.32 Å². The third-order valence-corrected chi connectivity index (χ3v) is 3.20. The second-order valence-corrected chi connectivity index (χ2v) is 5.05. The average Bonchev–Trinajstić information content (AvgIpc) is 3.03. The Hall–Kier alpha value is -2.62. The van der Waals surface area contributed by atoms with Crippen LogP contribution in [0.3, 0.4) is 0 Å². The van der Waals surface area contributed by atoms with Crippen LogP contribution in [-0.2, 0) is 16.1 Å². The molecule has 0 aliphatic heterocycles.